The molecule has 53 heavy (non-hydrogen) atoms. The van der Waals surface area contributed by atoms with Crippen LogP contribution in [-0.2, 0) is 22.6 Å². The van der Waals surface area contributed by atoms with E-state index in [9.17, 15) is 24.3 Å². The zero-order chi connectivity index (χ0) is 37.7. The zero-order valence-corrected chi connectivity index (χ0v) is 30.4. The third-order valence-electron chi connectivity index (χ3n) is 10.0. The Morgan fingerprint density at radius 3 is 2.42 bits per heavy atom. The lowest BCUT2D eigenvalue weighted by Gasteiger charge is -2.35. The van der Waals surface area contributed by atoms with Gasteiger partial charge in [-0.05, 0) is 80.8 Å². The van der Waals surface area contributed by atoms with E-state index in [0.717, 1.165) is 6.07 Å². The van der Waals surface area contributed by atoms with Crippen molar-refractivity contribution in [3.63, 3.8) is 0 Å². The van der Waals surface area contributed by atoms with E-state index in [1.807, 2.05) is 11.8 Å². The normalized spacial score (nSPS) is 15.9. The molecular weight excluding hydrogens is 707 g/mol. The number of esters is 1. The lowest BCUT2D eigenvalue weighted by Crippen LogP contribution is -2.49. The van der Waals surface area contributed by atoms with Crippen LogP contribution in [-0.4, -0.2) is 72.0 Å². The van der Waals surface area contributed by atoms with Crippen molar-refractivity contribution in [1.29, 1.82) is 0 Å². The highest BCUT2D eigenvalue weighted by Crippen LogP contribution is 2.45. The number of benzene rings is 3. The molecule has 2 aromatic heterocycles. The Labute approximate surface area is 308 Å². The number of nitrogens with one attached hydrogen (secondary N) is 1. The Hall–Kier alpha value is -5.40. The summed E-state index contributed by atoms with van der Waals surface area (Å²) in [6.45, 7) is 4.74. The summed E-state index contributed by atoms with van der Waals surface area (Å²) in [4.78, 5) is 56.0. The van der Waals surface area contributed by atoms with Gasteiger partial charge < -0.3 is 34.1 Å². The van der Waals surface area contributed by atoms with Gasteiger partial charge in [0.05, 0.1) is 42.8 Å². The van der Waals surface area contributed by atoms with Gasteiger partial charge in [-0.2, -0.15) is 0 Å². The Balaban J connectivity index is 1.29. The highest BCUT2D eigenvalue weighted by atomic mass is 35.5. The first-order chi connectivity index (χ1) is 25.4. The molecule has 3 heterocycles. The molecule has 1 unspecified atom stereocenters. The van der Waals surface area contributed by atoms with Crippen LogP contribution in [0.25, 0.3) is 21.8 Å². The van der Waals surface area contributed by atoms with Crippen LogP contribution >= 0.6 is 11.6 Å². The molecular formula is C39H38ClFN4O8. The summed E-state index contributed by atoms with van der Waals surface area (Å²) in [5.74, 6) is -2.64. The number of carbonyl (C=O) groups is 3. The van der Waals surface area contributed by atoms with Gasteiger partial charge in [0, 0.05) is 53.4 Å². The van der Waals surface area contributed by atoms with Crippen LogP contribution in [0, 0.1) is 12.7 Å². The molecule has 1 aliphatic carbocycles. The topological polar surface area (TPSA) is 141 Å². The first kappa shape index (κ1) is 36.0. The summed E-state index contributed by atoms with van der Waals surface area (Å²) in [5.41, 5.74) is 0.856. The maximum atomic E-state index is 15.9. The molecule has 1 saturated heterocycles. The van der Waals surface area contributed by atoms with Crippen molar-refractivity contribution in [2.45, 2.75) is 51.8 Å². The fourth-order valence-electron chi connectivity index (χ4n) is 7.40. The molecule has 2 aliphatic rings. The van der Waals surface area contributed by atoms with Crippen molar-refractivity contribution < 1.29 is 38.1 Å². The summed E-state index contributed by atoms with van der Waals surface area (Å²) in [6.07, 6.45) is 1.06. The highest BCUT2D eigenvalue weighted by molar-refractivity contribution is 6.30. The monoisotopic (exact) mass is 744 g/mol. The van der Waals surface area contributed by atoms with E-state index in [1.54, 1.807) is 54.0 Å². The first-order valence-electron chi connectivity index (χ1n) is 17.3. The van der Waals surface area contributed by atoms with Gasteiger partial charge in [0.25, 0.3) is 5.91 Å². The van der Waals surface area contributed by atoms with Crippen LogP contribution in [0.4, 0.5) is 10.1 Å². The molecule has 1 aliphatic heterocycles. The molecule has 14 heteroatoms. The number of piperazine rings is 1. The van der Waals surface area contributed by atoms with Crippen LogP contribution in [0.3, 0.4) is 0 Å². The zero-order valence-electron chi connectivity index (χ0n) is 29.6. The maximum absolute atomic E-state index is 15.9. The molecule has 0 spiro atoms. The van der Waals surface area contributed by atoms with E-state index in [1.165, 1.54) is 18.8 Å². The second-order valence-corrected chi connectivity index (χ2v) is 13.9. The molecule has 2 N–H and O–H groups in total. The molecule has 0 amide bonds. The third kappa shape index (κ3) is 6.48. The van der Waals surface area contributed by atoms with E-state index in [4.69, 9.17) is 25.8 Å². The molecule has 1 atom stereocenters. The molecule has 0 radical (unpaired) electrons. The second-order valence-electron chi connectivity index (χ2n) is 13.4. The van der Waals surface area contributed by atoms with Crippen molar-refractivity contribution in [1.82, 2.24) is 14.5 Å². The molecule has 276 valence electrons. The minimum absolute atomic E-state index is 0.0193. The molecule has 1 saturated carbocycles. The van der Waals surface area contributed by atoms with Gasteiger partial charge in [0.1, 0.15) is 23.6 Å². The van der Waals surface area contributed by atoms with Crippen molar-refractivity contribution in [2.75, 3.05) is 38.8 Å². The Morgan fingerprint density at radius 2 is 1.77 bits per heavy atom. The Bertz CT molecular complexity index is 2370. The largest absolute Gasteiger partial charge is 0.497 e. The lowest BCUT2D eigenvalue weighted by molar-refractivity contribution is -0.144. The van der Waals surface area contributed by atoms with Crippen molar-refractivity contribution >= 4 is 56.9 Å². The number of carbonyl (C=O) groups excluding carboxylic acids is 2. The number of anilines is 1. The molecule has 0 bridgehead atoms. The number of aromatic carboxylic acids is 1. The van der Waals surface area contributed by atoms with Crippen LogP contribution < -0.4 is 25.1 Å². The fraction of sp³-hybridized carbons (Fsp3) is 0.333. The number of carboxylic acids is 1. The summed E-state index contributed by atoms with van der Waals surface area (Å²) < 4.78 is 36.2. The molecule has 2 fully saturated rings. The number of rotatable bonds is 10. The lowest BCUT2D eigenvalue weighted by atomic mass is 10.0. The van der Waals surface area contributed by atoms with Gasteiger partial charge in [-0.15, -0.1) is 0 Å². The molecule has 12 nitrogen and oxygen atoms in total. The van der Waals surface area contributed by atoms with Crippen molar-refractivity contribution in [3.8, 4) is 11.5 Å². The first-order valence-corrected chi connectivity index (χ1v) is 17.6. The summed E-state index contributed by atoms with van der Waals surface area (Å²) >= 11 is 6.06. The van der Waals surface area contributed by atoms with Gasteiger partial charge in [-0.3, -0.25) is 19.0 Å². The van der Waals surface area contributed by atoms with Crippen LogP contribution in [0.5, 0.6) is 11.5 Å². The van der Waals surface area contributed by atoms with E-state index in [2.05, 4.69) is 5.32 Å². The number of ether oxygens (including phenoxy) is 3. The van der Waals surface area contributed by atoms with Crippen LogP contribution in [0.15, 0.2) is 53.3 Å². The minimum atomic E-state index is -1.52. The molecule has 7 rings (SSSR count). The summed E-state index contributed by atoms with van der Waals surface area (Å²) in [7, 11) is 2.90. The summed E-state index contributed by atoms with van der Waals surface area (Å²) in [6, 6.07) is 12.6. The molecule has 3 aromatic carbocycles. The SMILES string of the molecule is COc1ccc2c(c1)c(CC(=O)OCc1c(C(=O)O)c(=O)c3cc(F)c(N4CCNC(C)C4)c(OC)c3n1C1CC1)c(C)n2C(=O)c1ccc(Cl)cc1. The fourth-order valence-corrected chi connectivity index (χ4v) is 7.53. The third-order valence-corrected chi connectivity index (χ3v) is 10.3. The number of hydrogen-bond donors (Lipinski definition) is 2. The maximum Gasteiger partial charge on any atom is 0.341 e. The number of aromatic nitrogens is 2. The van der Waals surface area contributed by atoms with Crippen molar-refractivity contribution in [2.24, 2.45) is 0 Å². The van der Waals surface area contributed by atoms with Gasteiger partial charge in [0.2, 0.25) is 5.43 Å². The van der Waals surface area contributed by atoms with E-state index in [0.29, 0.717) is 71.0 Å². The number of hydrogen-bond acceptors (Lipinski definition) is 9. The van der Waals surface area contributed by atoms with Crippen molar-refractivity contribution in [3.05, 3.63) is 97.7 Å². The highest BCUT2D eigenvalue weighted by Gasteiger charge is 2.36. The smallest absolute Gasteiger partial charge is 0.341 e. The standard InChI is InChI=1S/C39H38ClFN4O8/c1-20-18-43(14-13-42-20)35-29(41)16-28-34(37(35)52-4)45(24-9-10-24)31(33(36(28)47)39(49)50)19-53-32(46)17-26-21(2)44(30-12-11-25(51-3)15-27(26)30)38(48)22-5-7-23(40)8-6-22/h5-8,11-12,15-16,20,24,42H,9-10,13-14,17-19H2,1-4H3,(H,49,50). The Morgan fingerprint density at radius 1 is 1.04 bits per heavy atom. The van der Waals surface area contributed by atoms with Crippen LogP contribution in [0.2, 0.25) is 5.02 Å². The number of nitrogens with zero attached hydrogens (tertiary/aromatic N) is 3. The number of pyridine rings is 1. The molecule has 5 aromatic rings. The van der Waals surface area contributed by atoms with Gasteiger partial charge in [-0.25, -0.2) is 9.18 Å². The summed E-state index contributed by atoms with van der Waals surface area (Å²) in [5, 5.41) is 14.6. The minimum Gasteiger partial charge on any atom is -0.497 e. The number of methoxy groups -OCH3 is 2. The number of halogens is 2. The van der Waals surface area contributed by atoms with E-state index >= 15 is 4.39 Å². The predicted octanol–water partition coefficient (Wildman–Crippen LogP) is 5.88. The quantitative estimate of drug-likeness (QED) is 0.167. The van der Waals surface area contributed by atoms with Crippen LogP contribution in [0.1, 0.15) is 63.5 Å². The Kier molecular flexibility index (Phi) is 9.64. The van der Waals surface area contributed by atoms with Gasteiger partial charge in [-0.1, -0.05) is 11.6 Å². The average molecular weight is 745 g/mol. The van der Waals surface area contributed by atoms with E-state index in [-0.39, 0.29) is 52.4 Å². The average Bonchev–Trinajstić information content (AvgIpc) is 3.94. The predicted molar refractivity (Wildman–Crippen MR) is 198 cm³/mol. The number of fused-ring (bicyclic) bond motifs is 2. The van der Waals surface area contributed by atoms with E-state index < -0.39 is 35.4 Å². The second kappa shape index (κ2) is 14.2. The van der Waals surface area contributed by atoms with Gasteiger partial charge in [0.15, 0.2) is 11.6 Å². The van der Waals surface area contributed by atoms with Gasteiger partial charge >= 0.3 is 11.9 Å². The number of carboxylic acid groups (broad SMARTS) is 1.